The van der Waals surface area contributed by atoms with Gasteiger partial charge in [-0.05, 0) is 26.2 Å². The lowest BCUT2D eigenvalue weighted by molar-refractivity contribution is 0.403. The van der Waals surface area contributed by atoms with Crippen LogP contribution in [0.5, 0.6) is 0 Å². The maximum absolute atomic E-state index is 12.6. The molecule has 0 saturated carbocycles. The zero-order valence-corrected chi connectivity index (χ0v) is 11.8. The number of sulfonamides is 1. The molecule has 18 heavy (non-hydrogen) atoms. The van der Waals surface area contributed by atoms with Crippen LogP contribution < -0.4 is 5.73 Å². The molecule has 7 heteroatoms. The Morgan fingerprint density at radius 3 is 2.67 bits per heavy atom. The van der Waals surface area contributed by atoms with Gasteiger partial charge in [-0.3, -0.25) is 5.10 Å². The summed E-state index contributed by atoms with van der Waals surface area (Å²) < 4.78 is 26.7. The van der Waals surface area contributed by atoms with Gasteiger partial charge in [-0.1, -0.05) is 6.92 Å². The SMILES string of the molecule is Cc1[nH]nc(S(=O)(=O)N2CC(C)CC2C)c1CN. The molecule has 102 valence electrons. The van der Waals surface area contributed by atoms with Crippen molar-refractivity contribution in [2.24, 2.45) is 11.7 Å². The number of aromatic nitrogens is 2. The van der Waals surface area contributed by atoms with Crippen LogP contribution in [-0.2, 0) is 16.6 Å². The van der Waals surface area contributed by atoms with Crippen molar-refractivity contribution in [3.63, 3.8) is 0 Å². The van der Waals surface area contributed by atoms with Gasteiger partial charge in [-0.15, -0.1) is 0 Å². The average Bonchev–Trinajstić information content (AvgIpc) is 2.82. The first-order valence-electron chi connectivity index (χ1n) is 6.13. The number of nitrogens with two attached hydrogens (primary N) is 1. The third-order valence-electron chi connectivity index (χ3n) is 3.52. The lowest BCUT2D eigenvalue weighted by Crippen LogP contribution is -2.35. The first kappa shape index (κ1) is 13.5. The second kappa shape index (κ2) is 4.64. The summed E-state index contributed by atoms with van der Waals surface area (Å²) in [6, 6.07) is 0.0210. The first-order chi connectivity index (χ1) is 8.37. The fourth-order valence-corrected chi connectivity index (χ4v) is 4.53. The molecule has 1 saturated heterocycles. The van der Waals surface area contributed by atoms with Gasteiger partial charge in [0, 0.05) is 30.4 Å². The number of nitrogens with one attached hydrogen (secondary N) is 1. The Balaban J connectivity index is 2.42. The Morgan fingerprint density at radius 2 is 2.17 bits per heavy atom. The van der Waals surface area contributed by atoms with E-state index in [0.29, 0.717) is 18.0 Å². The van der Waals surface area contributed by atoms with Crippen molar-refractivity contribution in [2.45, 2.75) is 44.8 Å². The van der Waals surface area contributed by atoms with Gasteiger partial charge >= 0.3 is 0 Å². The summed E-state index contributed by atoms with van der Waals surface area (Å²) >= 11 is 0. The van der Waals surface area contributed by atoms with Gasteiger partial charge in [0.05, 0.1) is 0 Å². The summed E-state index contributed by atoms with van der Waals surface area (Å²) in [6.45, 7) is 6.51. The fourth-order valence-electron chi connectivity index (χ4n) is 2.59. The van der Waals surface area contributed by atoms with Gasteiger partial charge in [0.25, 0.3) is 10.0 Å². The largest absolute Gasteiger partial charge is 0.326 e. The number of hydrogen-bond donors (Lipinski definition) is 2. The minimum atomic E-state index is -3.53. The van der Waals surface area contributed by atoms with E-state index in [1.54, 1.807) is 6.92 Å². The topological polar surface area (TPSA) is 92.1 Å². The van der Waals surface area contributed by atoms with Crippen LogP contribution in [0.3, 0.4) is 0 Å². The van der Waals surface area contributed by atoms with E-state index in [9.17, 15) is 8.42 Å². The van der Waals surface area contributed by atoms with Gasteiger partial charge in [-0.25, -0.2) is 8.42 Å². The molecule has 2 unspecified atom stereocenters. The predicted octanol–water partition coefficient (Wildman–Crippen LogP) is 0.596. The zero-order chi connectivity index (χ0) is 13.5. The van der Waals surface area contributed by atoms with Crippen molar-refractivity contribution < 1.29 is 8.42 Å². The lowest BCUT2D eigenvalue weighted by Gasteiger charge is -2.20. The molecule has 2 atom stereocenters. The molecule has 1 aromatic rings. The van der Waals surface area contributed by atoms with Crippen LogP contribution in [0, 0.1) is 12.8 Å². The van der Waals surface area contributed by atoms with E-state index in [4.69, 9.17) is 5.73 Å². The Morgan fingerprint density at radius 1 is 1.50 bits per heavy atom. The standard InChI is InChI=1S/C11H20N4O2S/c1-7-4-8(2)15(6-7)18(16,17)11-10(5-12)9(3)13-14-11/h7-8H,4-6,12H2,1-3H3,(H,13,14). The monoisotopic (exact) mass is 272 g/mol. The van der Waals surface area contributed by atoms with Crippen LogP contribution >= 0.6 is 0 Å². The van der Waals surface area contributed by atoms with E-state index in [2.05, 4.69) is 17.1 Å². The van der Waals surface area contributed by atoms with E-state index >= 15 is 0 Å². The predicted molar refractivity (Wildman–Crippen MR) is 68.4 cm³/mol. The molecule has 1 aliphatic heterocycles. The molecule has 2 heterocycles. The van der Waals surface area contributed by atoms with Crippen molar-refractivity contribution in [2.75, 3.05) is 6.54 Å². The van der Waals surface area contributed by atoms with Gasteiger partial charge in [0.1, 0.15) is 0 Å². The van der Waals surface area contributed by atoms with Crippen molar-refractivity contribution in [3.8, 4) is 0 Å². The number of hydrogen-bond acceptors (Lipinski definition) is 4. The molecule has 0 spiro atoms. The summed E-state index contributed by atoms with van der Waals surface area (Å²) in [7, 11) is -3.53. The summed E-state index contributed by atoms with van der Waals surface area (Å²) in [5.74, 6) is 0.385. The molecular formula is C11H20N4O2S. The highest BCUT2D eigenvalue weighted by molar-refractivity contribution is 7.89. The van der Waals surface area contributed by atoms with E-state index in [1.807, 2.05) is 6.92 Å². The molecule has 2 rings (SSSR count). The number of aromatic amines is 1. The molecular weight excluding hydrogens is 252 g/mol. The Bertz CT molecular complexity index is 537. The van der Waals surface area contributed by atoms with Crippen LogP contribution in [0.2, 0.25) is 0 Å². The van der Waals surface area contributed by atoms with E-state index in [1.165, 1.54) is 4.31 Å². The van der Waals surface area contributed by atoms with Crippen molar-refractivity contribution in [3.05, 3.63) is 11.3 Å². The third-order valence-corrected chi connectivity index (χ3v) is 5.47. The van der Waals surface area contributed by atoms with E-state index in [-0.39, 0.29) is 17.6 Å². The maximum Gasteiger partial charge on any atom is 0.262 e. The molecule has 1 aromatic heterocycles. The van der Waals surface area contributed by atoms with E-state index < -0.39 is 10.0 Å². The van der Waals surface area contributed by atoms with Gasteiger partial charge < -0.3 is 5.73 Å². The lowest BCUT2D eigenvalue weighted by atomic mass is 10.1. The highest BCUT2D eigenvalue weighted by Gasteiger charge is 2.38. The second-order valence-corrected chi connectivity index (χ2v) is 6.91. The van der Waals surface area contributed by atoms with Crippen LogP contribution in [0.1, 0.15) is 31.5 Å². The molecule has 6 nitrogen and oxygen atoms in total. The number of aryl methyl sites for hydroxylation is 1. The van der Waals surface area contributed by atoms with Crippen LogP contribution in [0.4, 0.5) is 0 Å². The summed E-state index contributed by atoms with van der Waals surface area (Å²) in [5.41, 5.74) is 6.91. The molecule has 0 aliphatic carbocycles. The summed E-state index contributed by atoms with van der Waals surface area (Å²) in [4.78, 5) is 0. The van der Waals surface area contributed by atoms with Crippen LogP contribution in [0.25, 0.3) is 0 Å². The molecule has 3 N–H and O–H groups in total. The Hall–Kier alpha value is -0.920. The second-order valence-electron chi connectivity index (χ2n) is 5.10. The quantitative estimate of drug-likeness (QED) is 0.842. The number of nitrogens with zero attached hydrogens (tertiary/aromatic N) is 2. The smallest absolute Gasteiger partial charge is 0.262 e. The van der Waals surface area contributed by atoms with Crippen LogP contribution in [-0.4, -0.2) is 35.5 Å². The van der Waals surface area contributed by atoms with Gasteiger partial charge in [-0.2, -0.15) is 9.40 Å². The van der Waals surface area contributed by atoms with E-state index in [0.717, 1.165) is 12.1 Å². The average molecular weight is 272 g/mol. The summed E-state index contributed by atoms with van der Waals surface area (Å²) in [6.07, 6.45) is 0.889. The Kier molecular flexibility index (Phi) is 3.48. The van der Waals surface area contributed by atoms with Gasteiger partial charge in [0.2, 0.25) is 0 Å². The van der Waals surface area contributed by atoms with Crippen molar-refractivity contribution in [1.29, 1.82) is 0 Å². The minimum absolute atomic E-state index is 0.0210. The third kappa shape index (κ3) is 2.06. The highest BCUT2D eigenvalue weighted by Crippen LogP contribution is 2.30. The zero-order valence-electron chi connectivity index (χ0n) is 11.0. The van der Waals surface area contributed by atoms with Crippen molar-refractivity contribution >= 4 is 10.0 Å². The molecule has 0 aromatic carbocycles. The normalized spacial score (nSPS) is 25.8. The Labute approximate surface area is 108 Å². The minimum Gasteiger partial charge on any atom is -0.326 e. The number of H-pyrrole nitrogens is 1. The summed E-state index contributed by atoms with van der Waals surface area (Å²) in [5, 5.41) is 6.72. The van der Waals surface area contributed by atoms with Crippen LogP contribution in [0.15, 0.2) is 5.03 Å². The molecule has 0 amide bonds. The highest BCUT2D eigenvalue weighted by atomic mass is 32.2. The molecule has 1 aliphatic rings. The number of rotatable bonds is 3. The molecule has 0 bridgehead atoms. The van der Waals surface area contributed by atoms with Gasteiger partial charge in [0.15, 0.2) is 5.03 Å². The maximum atomic E-state index is 12.6. The molecule has 1 fully saturated rings. The fraction of sp³-hybridized carbons (Fsp3) is 0.727. The molecule has 0 radical (unpaired) electrons. The van der Waals surface area contributed by atoms with Crippen molar-refractivity contribution in [1.82, 2.24) is 14.5 Å². The first-order valence-corrected chi connectivity index (χ1v) is 7.57.